The van der Waals surface area contributed by atoms with E-state index in [1.54, 1.807) is 0 Å². The van der Waals surface area contributed by atoms with Gasteiger partial charge >= 0.3 is 0 Å². The topological polar surface area (TPSA) is 60.2 Å². The summed E-state index contributed by atoms with van der Waals surface area (Å²) in [6, 6.07) is 9.24. The predicted molar refractivity (Wildman–Crippen MR) is 105 cm³/mol. The first-order valence-electron chi connectivity index (χ1n) is 9.68. The lowest BCUT2D eigenvalue weighted by Gasteiger charge is -2.27. The number of nitrogens with one attached hydrogen (secondary N) is 3. The van der Waals surface area contributed by atoms with Crippen LogP contribution in [0.3, 0.4) is 0 Å². The summed E-state index contributed by atoms with van der Waals surface area (Å²) >= 11 is 0. The molecule has 0 bridgehead atoms. The molecule has 0 aliphatic carbocycles. The second-order valence-electron chi connectivity index (χ2n) is 7.64. The zero-order chi connectivity index (χ0) is 18.1. The van der Waals surface area contributed by atoms with Crippen molar-refractivity contribution in [3.05, 3.63) is 42.1 Å². The zero-order valence-corrected chi connectivity index (χ0v) is 15.6. The number of aromatic amines is 1. The van der Waals surface area contributed by atoms with Gasteiger partial charge in [-0.2, -0.15) is 0 Å². The molecule has 1 amide bonds. The smallest absolute Gasteiger partial charge is 0.222 e. The molecule has 0 radical (unpaired) electrons. The third-order valence-corrected chi connectivity index (χ3v) is 6.01. The SMILES string of the molecule is CC1NNC(C)C1CCC(=O)N1CC=C(c2c[nH]c3ccccc23)CC1. The van der Waals surface area contributed by atoms with E-state index in [1.807, 2.05) is 4.90 Å². The van der Waals surface area contributed by atoms with Gasteiger partial charge in [0.05, 0.1) is 0 Å². The lowest BCUT2D eigenvalue weighted by molar-refractivity contribution is -0.131. The first-order chi connectivity index (χ1) is 12.6. The van der Waals surface area contributed by atoms with Crippen LogP contribution in [0.15, 0.2) is 36.5 Å². The van der Waals surface area contributed by atoms with Gasteiger partial charge in [-0.05, 0) is 44.2 Å². The van der Waals surface area contributed by atoms with E-state index >= 15 is 0 Å². The summed E-state index contributed by atoms with van der Waals surface area (Å²) < 4.78 is 0. The third-order valence-electron chi connectivity index (χ3n) is 6.01. The number of rotatable bonds is 4. The number of H-pyrrole nitrogens is 1. The van der Waals surface area contributed by atoms with Crippen molar-refractivity contribution in [3.63, 3.8) is 0 Å². The van der Waals surface area contributed by atoms with Crippen LogP contribution >= 0.6 is 0 Å². The van der Waals surface area contributed by atoms with Crippen molar-refractivity contribution in [1.29, 1.82) is 0 Å². The summed E-state index contributed by atoms with van der Waals surface area (Å²) in [5.41, 5.74) is 10.3. The Morgan fingerprint density at radius 2 is 1.96 bits per heavy atom. The van der Waals surface area contributed by atoms with Gasteiger partial charge < -0.3 is 9.88 Å². The highest BCUT2D eigenvalue weighted by Gasteiger charge is 2.30. The number of amides is 1. The molecule has 0 saturated carbocycles. The van der Waals surface area contributed by atoms with Crippen molar-refractivity contribution >= 4 is 22.4 Å². The molecule has 26 heavy (non-hydrogen) atoms. The van der Waals surface area contributed by atoms with E-state index in [9.17, 15) is 4.79 Å². The lowest BCUT2D eigenvalue weighted by Crippen LogP contribution is -2.35. The Bertz CT molecular complexity index is 814. The van der Waals surface area contributed by atoms with Crippen molar-refractivity contribution in [2.45, 2.75) is 45.2 Å². The van der Waals surface area contributed by atoms with E-state index in [2.05, 4.69) is 66.2 Å². The summed E-state index contributed by atoms with van der Waals surface area (Å²) in [4.78, 5) is 18.0. The molecule has 1 aromatic carbocycles. The van der Waals surface area contributed by atoms with Crippen molar-refractivity contribution in [1.82, 2.24) is 20.7 Å². The van der Waals surface area contributed by atoms with Gasteiger partial charge in [0.2, 0.25) is 5.91 Å². The molecule has 2 atom stereocenters. The van der Waals surface area contributed by atoms with Crippen LogP contribution in [0.4, 0.5) is 0 Å². The average Bonchev–Trinajstić information content (AvgIpc) is 3.23. The Hall–Kier alpha value is -2.11. The van der Waals surface area contributed by atoms with Crippen molar-refractivity contribution in [3.8, 4) is 0 Å². The zero-order valence-electron chi connectivity index (χ0n) is 15.6. The molecule has 3 heterocycles. The molecule has 2 aliphatic heterocycles. The van der Waals surface area contributed by atoms with Gasteiger partial charge in [-0.3, -0.25) is 15.6 Å². The summed E-state index contributed by atoms with van der Waals surface area (Å²) in [7, 11) is 0. The quantitative estimate of drug-likeness (QED) is 0.793. The molecule has 2 aliphatic rings. The fourth-order valence-electron chi connectivity index (χ4n) is 4.34. The molecule has 5 heteroatoms. The average molecular weight is 352 g/mol. The molecule has 3 N–H and O–H groups in total. The van der Waals surface area contributed by atoms with E-state index in [0.29, 0.717) is 24.4 Å². The van der Waals surface area contributed by atoms with Gasteiger partial charge in [0.25, 0.3) is 0 Å². The minimum absolute atomic E-state index is 0.283. The number of para-hydroxylation sites is 1. The van der Waals surface area contributed by atoms with Crippen molar-refractivity contribution < 1.29 is 4.79 Å². The maximum absolute atomic E-state index is 12.6. The summed E-state index contributed by atoms with van der Waals surface area (Å²) in [6.45, 7) is 5.90. The monoisotopic (exact) mass is 352 g/mol. The number of hydrogen-bond acceptors (Lipinski definition) is 3. The summed E-state index contributed by atoms with van der Waals surface area (Å²) in [5, 5.41) is 1.27. The number of fused-ring (bicyclic) bond motifs is 1. The number of carbonyl (C=O) groups excluding carboxylic acids is 1. The predicted octanol–water partition coefficient (Wildman–Crippen LogP) is 3.06. The summed E-state index contributed by atoms with van der Waals surface area (Å²) in [5.74, 6) is 0.798. The van der Waals surface area contributed by atoms with Gasteiger partial charge in [0.1, 0.15) is 0 Å². The van der Waals surface area contributed by atoms with E-state index in [4.69, 9.17) is 0 Å². The largest absolute Gasteiger partial charge is 0.361 e. The van der Waals surface area contributed by atoms with Crippen LogP contribution < -0.4 is 10.9 Å². The first kappa shape index (κ1) is 17.3. The molecule has 1 aromatic heterocycles. The Balaban J connectivity index is 1.37. The molecular weight excluding hydrogens is 324 g/mol. The first-order valence-corrected chi connectivity index (χ1v) is 9.68. The van der Waals surface area contributed by atoms with Crippen LogP contribution in [0.2, 0.25) is 0 Å². The maximum Gasteiger partial charge on any atom is 0.222 e. The minimum Gasteiger partial charge on any atom is -0.361 e. The number of benzene rings is 1. The van der Waals surface area contributed by atoms with Crippen LogP contribution in [0.5, 0.6) is 0 Å². The highest BCUT2D eigenvalue weighted by Crippen LogP contribution is 2.29. The molecule has 4 rings (SSSR count). The van der Waals surface area contributed by atoms with E-state index < -0.39 is 0 Å². The summed E-state index contributed by atoms with van der Waals surface area (Å²) in [6.07, 6.45) is 6.82. The Morgan fingerprint density at radius 1 is 1.19 bits per heavy atom. The highest BCUT2D eigenvalue weighted by molar-refractivity contribution is 5.93. The molecule has 5 nitrogen and oxygen atoms in total. The van der Waals surface area contributed by atoms with E-state index in [0.717, 1.165) is 25.9 Å². The molecule has 2 unspecified atom stereocenters. The van der Waals surface area contributed by atoms with Crippen molar-refractivity contribution in [2.75, 3.05) is 13.1 Å². The molecule has 1 fully saturated rings. The maximum atomic E-state index is 12.6. The van der Waals surface area contributed by atoms with Gasteiger partial charge in [0, 0.05) is 54.3 Å². The minimum atomic E-state index is 0.283. The van der Waals surface area contributed by atoms with Crippen LogP contribution in [0.1, 0.15) is 38.7 Å². The molecule has 2 aromatic rings. The normalized spacial score (nSPS) is 26.3. The Morgan fingerprint density at radius 3 is 2.69 bits per heavy atom. The second-order valence-corrected chi connectivity index (χ2v) is 7.64. The van der Waals surface area contributed by atoms with Crippen LogP contribution in [0.25, 0.3) is 16.5 Å². The molecule has 138 valence electrons. The number of aromatic nitrogens is 1. The van der Waals surface area contributed by atoms with Gasteiger partial charge in [-0.1, -0.05) is 24.3 Å². The molecule has 0 spiro atoms. The number of hydrogen-bond donors (Lipinski definition) is 3. The number of hydrazine groups is 1. The fourth-order valence-corrected chi connectivity index (χ4v) is 4.34. The Labute approximate surface area is 154 Å². The Kier molecular flexibility index (Phi) is 4.83. The molecule has 1 saturated heterocycles. The van der Waals surface area contributed by atoms with Crippen LogP contribution in [-0.4, -0.2) is 41.0 Å². The second kappa shape index (κ2) is 7.25. The lowest BCUT2D eigenvalue weighted by atomic mass is 9.91. The van der Waals surface area contributed by atoms with E-state index in [1.165, 1.54) is 22.0 Å². The van der Waals surface area contributed by atoms with Crippen LogP contribution in [-0.2, 0) is 4.79 Å². The van der Waals surface area contributed by atoms with Crippen molar-refractivity contribution in [2.24, 2.45) is 5.92 Å². The van der Waals surface area contributed by atoms with Gasteiger partial charge in [-0.25, -0.2) is 0 Å². The van der Waals surface area contributed by atoms with Gasteiger partial charge in [0.15, 0.2) is 0 Å². The van der Waals surface area contributed by atoms with E-state index in [-0.39, 0.29) is 5.91 Å². The fraction of sp³-hybridized carbons (Fsp3) is 0.476. The highest BCUT2D eigenvalue weighted by atomic mass is 16.2. The van der Waals surface area contributed by atoms with Gasteiger partial charge in [-0.15, -0.1) is 0 Å². The molecular formula is C21H28N4O. The van der Waals surface area contributed by atoms with Crippen LogP contribution in [0, 0.1) is 5.92 Å². The number of nitrogens with zero attached hydrogens (tertiary/aromatic N) is 1. The third kappa shape index (κ3) is 3.29. The standard InChI is InChI=1S/C21H28N4O/c1-14-17(15(2)24-23-14)7-8-21(26)25-11-9-16(10-12-25)19-13-22-20-6-4-3-5-18(19)20/h3-6,9,13-15,17,22-24H,7-8,10-12H2,1-2H3. The number of carbonyl (C=O) groups is 1.